The summed E-state index contributed by atoms with van der Waals surface area (Å²) in [5.41, 5.74) is 0.761. The molecular formula is C15H24N2O. The number of anilines is 1. The molecule has 1 aromatic heterocycles. The fourth-order valence-electron chi connectivity index (χ4n) is 2.75. The van der Waals surface area contributed by atoms with Crippen molar-refractivity contribution in [3.63, 3.8) is 0 Å². The zero-order chi connectivity index (χ0) is 13.0. The lowest BCUT2D eigenvalue weighted by Crippen LogP contribution is -2.25. The summed E-state index contributed by atoms with van der Waals surface area (Å²) in [6.45, 7) is 6.85. The van der Waals surface area contributed by atoms with Crippen LogP contribution in [0, 0.1) is 11.8 Å². The first-order chi connectivity index (χ1) is 8.70. The van der Waals surface area contributed by atoms with Crippen LogP contribution in [-0.4, -0.2) is 23.2 Å². The molecule has 1 aromatic rings. The van der Waals surface area contributed by atoms with Crippen LogP contribution in [0.3, 0.4) is 0 Å². The number of hydrogen-bond acceptors (Lipinski definition) is 3. The Morgan fingerprint density at radius 3 is 2.89 bits per heavy atom. The molecular weight excluding hydrogens is 224 g/mol. The Morgan fingerprint density at radius 2 is 2.17 bits per heavy atom. The van der Waals surface area contributed by atoms with Gasteiger partial charge < -0.3 is 10.0 Å². The number of hydrogen-bond donors (Lipinski definition) is 1. The summed E-state index contributed by atoms with van der Waals surface area (Å²) in [6, 6.07) is 5.91. The molecule has 0 spiro atoms. The van der Waals surface area contributed by atoms with Gasteiger partial charge in [0.1, 0.15) is 5.82 Å². The lowest BCUT2D eigenvalue weighted by molar-refractivity contribution is 0.277. The van der Waals surface area contributed by atoms with E-state index in [2.05, 4.69) is 29.8 Å². The van der Waals surface area contributed by atoms with E-state index in [1.54, 1.807) is 0 Å². The van der Waals surface area contributed by atoms with E-state index in [9.17, 15) is 0 Å². The van der Waals surface area contributed by atoms with E-state index >= 15 is 0 Å². The lowest BCUT2D eigenvalue weighted by atomic mass is 9.89. The number of rotatable bonds is 3. The van der Waals surface area contributed by atoms with Gasteiger partial charge in [-0.15, -0.1) is 0 Å². The van der Waals surface area contributed by atoms with Gasteiger partial charge in [-0.05, 0) is 43.2 Å². The number of pyridine rings is 1. The number of aliphatic hydroxyl groups excluding tert-OH is 1. The normalized spacial score (nSPS) is 21.1. The van der Waals surface area contributed by atoms with Crippen LogP contribution in [0.2, 0.25) is 0 Å². The zero-order valence-corrected chi connectivity index (χ0v) is 11.5. The first-order valence-corrected chi connectivity index (χ1v) is 7.02. The van der Waals surface area contributed by atoms with Crippen molar-refractivity contribution < 1.29 is 5.11 Å². The van der Waals surface area contributed by atoms with Gasteiger partial charge in [-0.2, -0.15) is 0 Å². The minimum Gasteiger partial charge on any atom is -0.390 e. The molecule has 3 heteroatoms. The molecule has 0 radical (unpaired) electrons. The Balaban J connectivity index is 2.04. The molecule has 100 valence electrons. The Labute approximate surface area is 110 Å². The van der Waals surface area contributed by atoms with Gasteiger partial charge >= 0.3 is 0 Å². The Bertz CT molecular complexity index is 379. The predicted molar refractivity (Wildman–Crippen MR) is 74.6 cm³/mol. The van der Waals surface area contributed by atoms with Gasteiger partial charge in [0.15, 0.2) is 0 Å². The molecule has 1 N–H and O–H groups in total. The second kappa shape index (κ2) is 6.19. The minimum atomic E-state index is 0.0241. The van der Waals surface area contributed by atoms with Crippen LogP contribution in [-0.2, 0) is 6.61 Å². The van der Waals surface area contributed by atoms with Crippen molar-refractivity contribution in [3.05, 3.63) is 23.9 Å². The van der Waals surface area contributed by atoms with Crippen molar-refractivity contribution in [2.75, 3.05) is 18.0 Å². The summed E-state index contributed by atoms with van der Waals surface area (Å²) in [5.74, 6) is 2.64. The molecule has 1 aliphatic rings. The van der Waals surface area contributed by atoms with Crippen LogP contribution in [0.25, 0.3) is 0 Å². The summed E-state index contributed by atoms with van der Waals surface area (Å²) < 4.78 is 0. The smallest absolute Gasteiger partial charge is 0.128 e. The van der Waals surface area contributed by atoms with Crippen LogP contribution in [0.5, 0.6) is 0 Å². The van der Waals surface area contributed by atoms with Crippen LogP contribution >= 0.6 is 0 Å². The molecule has 0 saturated carbocycles. The van der Waals surface area contributed by atoms with Gasteiger partial charge in [0.25, 0.3) is 0 Å². The third kappa shape index (κ3) is 3.22. The second-order valence-electron chi connectivity index (χ2n) is 5.57. The van der Waals surface area contributed by atoms with Crippen molar-refractivity contribution in [2.24, 2.45) is 11.8 Å². The fourth-order valence-corrected chi connectivity index (χ4v) is 2.75. The SMILES string of the molecule is CC(C)C1CCCN(c2cccc(CO)n2)CC1. The molecule has 18 heavy (non-hydrogen) atoms. The lowest BCUT2D eigenvalue weighted by Gasteiger charge is -2.22. The average molecular weight is 248 g/mol. The van der Waals surface area contributed by atoms with Crippen molar-refractivity contribution in [2.45, 2.75) is 39.7 Å². The summed E-state index contributed by atoms with van der Waals surface area (Å²) in [4.78, 5) is 6.87. The molecule has 0 aromatic carbocycles. The largest absolute Gasteiger partial charge is 0.390 e. The molecule has 1 fully saturated rings. The van der Waals surface area contributed by atoms with Crippen LogP contribution < -0.4 is 4.90 Å². The van der Waals surface area contributed by atoms with E-state index in [1.165, 1.54) is 19.3 Å². The molecule has 3 nitrogen and oxygen atoms in total. The maximum atomic E-state index is 9.15. The van der Waals surface area contributed by atoms with Gasteiger partial charge in [0.2, 0.25) is 0 Å². The highest BCUT2D eigenvalue weighted by Crippen LogP contribution is 2.26. The zero-order valence-electron chi connectivity index (χ0n) is 11.5. The van der Waals surface area contributed by atoms with E-state index in [1.807, 2.05) is 12.1 Å². The summed E-state index contributed by atoms with van der Waals surface area (Å²) in [5, 5.41) is 9.15. The van der Waals surface area contributed by atoms with Crippen molar-refractivity contribution >= 4 is 5.82 Å². The first kappa shape index (κ1) is 13.3. The molecule has 2 heterocycles. The minimum absolute atomic E-state index is 0.0241. The van der Waals surface area contributed by atoms with E-state index < -0.39 is 0 Å². The quantitative estimate of drug-likeness (QED) is 0.893. The maximum Gasteiger partial charge on any atom is 0.128 e. The van der Waals surface area contributed by atoms with Gasteiger partial charge in [0.05, 0.1) is 12.3 Å². The molecule has 1 saturated heterocycles. The highest BCUT2D eigenvalue weighted by molar-refractivity contribution is 5.39. The highest BCUT2D eigenvalue weighted by atomic mass is 16.3. The monoisotopic (exact) mass is 248 g/mol. The third-order valence-corrected chi connectivity index (χ3v) is 3.99. The Morgan fingerprint density at radius 1 is 1.33 bits per heavy atom. The molecule has 2 rings (SSSR count). The van der Waals surface area contributed by atoms with E-state index in [0.717, 1.165) is 36.4 Å². The highest BCUT2D eigenvalue weighted by Gasteiger charge is 2.20. The molecule has 1 unspecified atom stereocenters. The molecule has 0 bridgehead atoms. The fraction of sp³-hybridized carbons (Fsp3) is 0.667. The van der Waals surface area contributed by atoms with Crippen molar-refractivity contribution in [3.8, 4) is 0 Å². The first-order valence-electron chi connectivity index (χ1n) is 7.02. The molecule has 1 aliphatic heterocycles. The molecule has 0 aliphatic carbocycles. The second-order valence-corrected chi connectivity index (χ2v) is 5.57. The van der Waals surface area contributed by atoms with Gasteiger partial charge in [-0.1, -0.05) is 19.9 Å². The summed E-state index contributed by atoms with van der Waals surface area (Å²) >= 11 is 0. The van der Waals surface area contributed by atoms with Gasteiger partial charge in [0, 0.05) is 13.1 Å². The van der Waals surface area contributed by atoms with Crippen LogP contribution in [0.4, 0.5) is 5.82 Å². The van der Waals surface area contributed by atoms with E-state index in [0.29, 0.717) is 0 Å². The predicted octanol–water partition coefficient (Wildman–Crippen LogP) is 2.84. The average Bonchev–Trinajstić information content (AvgIpc) is 2.64. The Kier molecular flexibility index (Phi) is 4.59. The van der Waals surface area contributed by atoms with Crippen LogP contribution in [0.1, 0.15) is 38.8 Å². The standard InChI is InChI=1S/C15H24N2O/c1-12(2)13-5-4-9-17(10-8-13)15-7-3-6-14(11-18)16-15/h3,6-7,12-13,18H,4-5,8-11H2,1-2H3. The van der Waals surface area contributed by atoms with Crippen molar-refractivity contribution in [1.82, 2.24) is 4.98 Å². The van der Waals surface area contributed by atoms with Gasteiger partial charge in [-0.25, -0.2) is 4.98 Å². The Hall–Kier alpha value is -1.09. The number of aromatic nitrogens is 1. The van der Waals surface area contributed by atoms with Gasteiger partial charge in [-0.3, -0.25) is 0 Å². The molecule has 1 atom stereocenters. The maximum absolute atomic E-state index is 9.15. The molecule has 0 amide bonds. The third-order valence-electron chi connectivity index (χ3n) is 3.99. The number of aliphatic hydroxyl groups is 1. The van der Waals surface area contributed by atoms with E-state index in [4.69, 9.17) is 5.11 Å². The van der Waals surface area contributed by atoms with Crippen LogP contribution in [0.15, 0.2) is 18.2 Å². The summed E-state index contributed by atoms with van der Waals surface area (Å²) in [6.07, 6.45) is 3.82. The van der Waals surface area contributed by atoms with Crippen molar-refractivity contribution in [1.29, 1.82) is 0 Å². The summed E-state index contributed by atoms with van der Waals surface area (Å²) in [7, 11) is 0. The number of nitrogens with zero attached hydrogens (tertiary/aromatic N) is 2. The van der Waals surface area contributed by atoms with E-state index in [-0.39, 0.29) is 6.61 Å². The topological polar surface area (TPSA) is 36.4 Å².